The molecule has 2 N–H and O–H groups in total. The van der Waals surface area contributed by atoms with Gasteiger partial charge in [0.2, 0.25) is 0 Å². The topological polar surface area (TPSA) is 26.0 Å². The second kappa shape index (κ2) is 5.76. The number of aryl methyl sites for hydroxylation is 1. The van der Waals surface area contributed by atoms with Gasteiger partial charge >= 0.3 is 0 Å². The molecule has 0 aliphatic rings. The Bertz CT molecular complexity index is 797. The van der Waals surface area contributed by atoms with Gasteiger partial charge < -0.3 is 5.73 Å². The molecule has 2 aromatic carbocycles. The van der Waals surface area contributed by atoms with Crippen LogP contribution in [0.5, 0.6) is 0 Å². The Balaban J connectivity index is 1.87. The average molecular weight is 320 g/mol. The highest BCUT2D eigenvalue weighted by atomic mass is 35.5. The first kappa shape index (κ1) is 14.5. The first-order valence-electron chi connectivity index (χ1n) is 6.72. The monoisotopic (exact) mass is 319 g/mol. The smallest absolute Gasteiger partial charge is 0.123 e. The van der Waals surface area contributed by atoms with E-state index in [1.165, 1.54) is 6.07 Å². The van der Waals surface area contributed by atoms with Crippen molar-refractivity contribution in [1.82, 2.24) is 0 Å². The van der Waals surface area contributed by atoms with Crippen molar-refractivity contribution in [3.8, 4) is 0 Å². The minimum atomic E-state index is -0.220. The van der Waals surface area contributed by atoms with E-state index >= 15 is 0 Å². The maximum Gasteiger partial charge on any atom is 0.123 e. The zero-order valence-electron chi connectivity index (χ0n) is 11.6. The highest BCUT2D eigenvalue weighted by Gasteiger charge is 2.13. The summed E-state index contributed by atoms with van der Waals surface area (Å²) in [5.41, 5.74) is 8.47. The zero-order chi connectivity index (χ0) is 15.0. The Morgan fingerprint density at radius 3 is 2.76 bits per heavy atom. The first-order valence-corrected chi connectivity index (χ1v) is 7.92. The van der Waals surface area contributed by atoms with Gasteiger partial charge in [0.25, 0.3) is 0 Å². The second-order valence-corrected chi connectivity index (χ2v) is 6.76. The standard InChI is InChI=1S/C17H15ClFNS/c1-10-2-3-11(14(18)6-10)8-15(20)17-9-12-7-13(19)4-5-16(12)21-17/h2-7,9,15H,8,20H2,1H3. The van der Waals surface area contributed by atoms with E-state index in [4.69, 9.17) is 17.3 Å². The van der Waals surface area contributed by atoms with Gasteiger partial charge in [0.05, 0.1) is 0 Å². The lowest BCUT2D eigenvalue weighted by Crippen LogP contribution is -2.12. The summed E-state index contributed by atoms with van der Waals surface area (Å²) >= 11 is 7.87. The molecule has 1 nitrogen and oxygen atoms in total. The summed E-state index contributed by atoms with van der Waals surface area (Å²) in [7, 11) is 0. The van der Waals surface area contributed by atoms with Gasteiger partial charge in [-0.2, -0.15) is 0 Å². The van der Waals surface area contributed by atoms with E-state index in [2.05, 4.69) is 0 Å². The van der Waals surface area contributed by atoms with E-state index in [0.717, 1.165) is 31.1 Å². The molecule has 0 aliphatic heterocycles. The van der Waals surface area contributed by atoms with Gasteiger partial charge in [-0.25, -0.2) is 4.39 Å². The fourth-order valence-electron chi connectivity index (χ4n) is 2.37. The minimum absolute atomic E-state index is 0.134. The highest BCUT2D eigenvalue weighted by molar-refractivity contribution is 7.19. The number of thiophene rings is 1. The van der Waals surface area contributed by atoms with E-state index in [-0.39, 0.29) is 11.9 Å². The van der Waals surface area contributed by atoms with E-state index in [0.29, 0.717) is 6.42 Å². The highest BCUT2D eigenvalue weighted by Crippen LogP contribution is 2.32. The molecule has 3 aromatic rings. The van der Waals surface area contributed by atoms with Crippen LogP contribution in [-0.2, 0) is 6.42 Å². The van der Waals surface area contributed by atoms with Crippen LogP contribution in [0, 0.1) is 12.7 Å². The fraction of sp³-hybridized carbons (Fsp3) is 0.176. The SMILES string of the molecule is Cc1ccc(CC(N)c2cc3cc(F)ccc3s2)c(Cl)c1. The van der Waals surface area contributed by atoms with Crippen LogP contribution in [0.15, 0.2) is 42.5 Å². The van der Waals surface area contributed by atoms with Crippen LogP contribution in [0.25, 0.3) is 10.1 Å². The van der Waals surface area contributed by atoms with E-state index in [1.54, 1.807) is 23.5 Å². The van der Waals surface area contributed by atoms with E-state index < -0.39 is 0 Å². The predicted molar refractivity (Wildman–Crippen MR) is 88.6 cm³/mol. The van der Waals surface area contributed by atoms with Crippen LogP contribution in [0.3, 0.4) is 0 Å². The molecule has 21 heavy (non-hydrogen) atoms. The van der Waals surface area contributed by atoms with E-state index in [9.17, 15) is 4.39 Å². The van der Waals surface area contributed by atoms with Crippen LogP contribution in [0.4, 0.5) is 4.39 Å². The number of hydrogen-bond acceptors (Lipinski definition) is 2. The largest absolute Gasteiger partial charge is 0.323 e. The molecule has 4 heteroatoms. The van der Waals surface area contributed by atoms with Crippen LogP contribution in [0.2, 0.25) is 5.02 Å². The molecule has 0 aliphatic carbocycles. The summed E-state index contributed by atoms with van der Waals surface area (Å²) in [4.78, 5) is 1.05. The summed E-state index contributed by atoms with van der Waals surface area (Å²) in [5.74, 6) is -0.220. The third-order valence-corrected chi connectivity index (χ3v) is 5.11. The van der Waals surface area contributed by atoms with Gasteiger partial charge in [-0.3, -0.25) is 0 Å². The molecular weight excluding hydrogens is 305 g/mol. The number of hydrogen-bond donors (Lipinski definition) is 1. The number of halogens is 2. The average Bonchev–Trinajstić information content (AvgIpc) is 2.85. The molecule has 1 aromatic heterocycles. The Morgan fingerprint density at radius 1 is 1.19 bits per heavy atom. The van der Waals surface area contributed by atoms with Crippen molar-refractivity contribution in [2.45, 2.75) is 19.4 Å². The number of benzene rings is 2. The van der Waals surface area contributed by atoms with Crippen molar-refractivity contribution in [3.63, 3.8) is 0 Å². The molecule has 108 valence electrons. The molecule has 1 unspecified atom stereocenters. The summed E-state index contributed by atoms with van der Waals surface area (Å²) in [6.07, 6.45) is 0.675. The predicted octanol–water partition coefficient (Wildman–Crippen LogP) is 5.24. The molecule has 0 fully saturated rings. The third-order valence-electron chi connectivity index (χ3n) is 3.51. The summed E-state index contributed by atoms with van der Waals surface area (Å²) < 4.78 is 14.3. The van der Waals surface area contributed by atoms with Gasteiger partial charge in [-0.1, -0.05) is 23.7 Å². The summed E-state index contributed by atoms with van der Waals surface area (Å²) in [6.45, 7) is 2.01. The molecule has 1 heterocycles. The molecule has 0 saturated heterocycles. The molecular formula is C17H15ClFNS. The number of fused-ring (bicyclic) bond motifs is 1. The second-order valence-electron chi connectivity index (χ2n) is 5.24. The van der Waals surface area contributed by atoms with Crippen molar-refractivity contribution in [1.29, 1.82) is 0 Å². The molecule has 0 amide bonds. The molecule has 0 saturated carbocycles. The van der Waals surface area contributed by atoms with Crippen molar-refractivity contribution >= 4 is 33.0 Å². The van der Waals surface area contributed by atoms with Crippen LogP contribution in [0.1, 0.15) is 22.0 Å². The molecule has 0 bridgehead atoms. The third kappa shape index (κ3) is 3.10. The summed E-state index contributed by atoms with van der Waals surface area (Å²) in [5, 5.41) is 1.65. The first-order chi connectivity index (χ1) is 10.0. The van der Waals surface area contributed by atoms with Gasteiger partial charge in [-0.05, 0) is 60.2 Å². The lowest BCUT2D eigenvalue weighted by atomic mass is 10.0. The van der Waals surface area contributed by atoms with Crippen LogP contribution in [-0.4, -0.2) is 0 Å². The molecule has 1 atom stereocenters. The molecule has 0 spiro atoms. The van der Waals surface area contributed by atoms with Gasteiger partial charge in [0, 0.05) is 20.6 Å². The lowest BCUT2D eigenvalue weighted by molar-refractivity contribution is 0.630. The van der Waals surface area contributed by atoms with Crippen molar-refractivity contribution in [2.24, 2.45) is 5.73 Å². The van der Waals surface area contributed by atoms with Gasteiger partial charge in [0.15, 0.2) is 0 Å². The van der Waals surface area contributed by atoms with Gasteiger partial charge in [0.1, 0.15) is 5.82 Å². The Kier molecular flexibility index (Phi) is 3.98. The lowest BCUT2D eigenvalue weighted by Gasteiger charge is -2.11. The van der Waals surface area contributed by atoms with Crippen LogP contribution < -0.4 is 5.73 Å². The van der Waals surface area contributed by atoms with Crippen LogP contribution >= 0.6 is 22.9 Å². The Morgan fingerprint density at radius 2 is 2.00 bits per heavy atom. The Hall–Kier alpha value is -1.42. The van der Waals surface area contributed by atoms with Crippen molar-refractivity contribution in [2.75, 3.05) is 0 Å². The number of nitrogens with two attached hydrogens (primary N) is 1. The summed E-state index contributed by atoms with van der Waals surface area (Å²) in [6, 6.07) is 12.7. The quantitative estimate of drug-likeness (QED) is 0.701. The van der Waals surface area contributed by atoms with E-state index in [1.807, 2.05) is 31.2 Å². The minimum Gasteiger partial charge on any atom is -0.323 e. The maximum atomic E-state index is 13.2. The number of rotatable bonds is 3. The zero-order valence-corrected chi connectivity index (χ0v) is 13.1. The molecule has 0 radical (unpaired) electrons. The maximum absolute atomic E-state index is 13.2. The van der Waals surface area contributed by atoms with Crippen molar-refractivity contribution in [3.05, 3.63) is 69.3 Å². The normalized spacial score (nSPS) is 12.8. The fourth-order valence-corrected chi connectivity index (χ4v) is 3.73. The molecule has 3 rings (SSSR count). The van der Waals surface area contributed by atoms with Gasteiger partial charge in [-0.15, -0.1) is 11.3 Å². The van der Waals surface area contributed by atoms with Crippen molar-refractivity contribution < 1.29 is 4.39 Å². The Labute approximate surface area is 132 Å².